The average Bonchev–Trinajstić information content (AvgIpc) is 2.31. The third-order valence-corrected chi connectivity index (χ3v) is 3.80. The van der Waals surface area contributed by atoms with Gasteiger partial charge in [0.25, 0.3) is 0 Å². The predicted molar refractivity (Wildman–Crippen MR) is 89.4 cm³/mol. The molecule has 1 N–H and O–H groups in total. The molecule has 0 amide bonds. The molecule has 0 bridgehead atoms. The number of nitrogens with one attached hydrogen (secondary N) is 1. The number of ether oxygens (including phenoxy) is 1. The molecule has 0 aromatic carbocycles. The molecule has 1 unspecified atom stereocenters. The molecule has 20 heavy (non-hydrogen) atoms. The van der Waals surface area contributed by atoms with Crippen LogP contribution in [0.4, 0.5) is 0 Å². The zero-order chi connectivity index (χ0) is 15.8. The van der Waals surface area contributed by atoms with E-state index >= 15 is 0 Å². The third-order valence-electron chi connectivity index (χ3n) is 3.80. The van der Waals surface area contributed by atoms with Crippen molar-refractivity contribution < 1.29 is 4.74 Å². The van der Waals surface area contributed by atoms with Gasteiger partial charge in [-0.05, 0) is 46.5 Å². The van der Waals surface area contributed by atoms with E-state index in [1.165, 1.54) is 12.8 Å². The zero-order valence-electron chi connectivity index (χ0n) is 15.2. The molecule has 0 aliphatic rings. The van der Waals surface area contributed by atoms with Crippen LogP contribution in [0, 0.1) is 5.41 Å². The number of nitrogens with zero attached hydrogens (tertiary/aromatic N) is 1. The highest BCUT2D eigenvalue weighted by molar-refractivity contribution is 4.85. The van der Waals surface area contributed by atoms with Gasteiger partial charge < -0.3 is 10.1 Å². The van der Waals surface area contributed by atoms with Gasteiger partial charge in [-0.15, -0.1) is 0 Å². The van der Waals surface area contributed by atoms with Crippen molar-refractivity contribution in [3.63, 3.8) is 0 Å². The molecule has 0 aromatic heterocycles. The van der Waals surface area contributed by atoms with Crippen LogP contribution in [0.2, 0.25) is 0 Å². The maximum Gasteiger partial charge on any atom is 0.0589 e. The Kier molecular flexibility index (Phi) is 8.96. The van der Waals surface area contributed by atoms with E-state index in [0.717, 1.165) is 26.2 Å². The van der Waals surface area contributed by atoms with Gasteiger partial charge >= 0.3 is 0 Å². The van der Waals surface area contributed by atoms with Gasteiger partial charge in [0.1, 0.15) is 0 Å². The molecular weight excluding hydrogens is 248 g/mol. The standard InChI is InChI=1S/C17H38N2O/c1-9-10-17(7,13-18-16(4,5)6)14-19(15(2)3)11-12-20-8/h15,18H,9-14H2,1-8H3. The van der Waals surface area contributed by atoms with Crippen molar-refractivity contribution in [3.8, 4) is 0 Å². The van der Waals surface area contributed by atoms with E-state index in [0.29, 0.717) is 11.5 Å². The van der Waals surface area contributed by atoms with Crippen molar-refractivity contribution in [1.29, 1.82) is 0 Å². The van der Waals surface area contributed by atoms with Crippen molar-refractivity contribution in [1.82, 2.24) is 10.2 Å². The van der Waals surface area contributed by atoms with E-state index in [4.69, 9.17) is 4.74 Å². The maximum atomic E-state index is 5.25. The maximum absolute atomic E-state index is 5.25. The lowest BCUT2D eigenvalue weighted by atomic mass is 9.83. The first-order valence-corrected chi connectivity index (χ1v) is 8.11. The van der Waals surface area contributed by atoms with E-state index in [2.05, 4.69) is 58.7 Å². The minimum Gasteiger partial charge on any atom is -0.383 e. The van der Waals surface area contributed by atoms with Crippen LogP contribution in [0.5, 0.6) is 0 Å². The Morgan fingerprint density at radius 2 is 1.75 bits per heavy atom. The summed E-state index contributed by atoms with van der Waals surface area (Å²) in [4.78, 5) is 2.55. The molecule has 0 spiro atoms. The Morgan fingerprint density at radius 1 is 1.15 bits per heavy atom. The highest BCUT2D eigenvalue weighted by Gasteiger charge is 2.28. The average molecular weight is 287 g/mol. The molecule has 0 radical (unpaired) electrons. The molecule has 0 aliphatic heterocycles. The number of methoxy groups -OCH3 is 1. The molecule has 3 nitrogen and oxygen atoms in total. The summed E-state index contributed by atoms with van der Waals surface area (Å²) in [6.45, 7) is 20.0. The van der Waals surface area contributed by atoms with Gasteiger partial charge in [0, 0.05) is 38.3 Å². The van der Waals surface area contributed by atoms with Crippen LogP contribution < -0.4 is 5.32 Å². The predicted octanol–water partition coefficient (Wildman–Crippen LogP) is 3.54. The van der Waals surface area contributed by atoms with E-state index in [1.54, 1.807) is 7.11 Å². The Balaban J connectivity index is 4.67. The van der Waals surface area contributed by atoms with Gasteiger partial charge in [0.15, 0.2) is 0 Å². The largest absolute Gasteiger partial charge is 0.383 e. The highest BCUT2D eigenvalue weighted by Crippen LogP contribution is 2.25. The summed E-state index contributed by atoms with van der Waals surface area (Å²) < 4.78 is 5.25. The molecule has 0 aromatic rings. The van der Waals surface area contributed by atoms with Crippen LogP contribution >= 0.6 is 0 Å². The van der Waals surface area contributed by atoms with Gasteiger partial charge in [-0.25, -0.2) is 0 Å². The lowest BCUT2D eigenvalue weighted by molar-refractivity contribution is 0.0823. The summed E-state index contributed by atoms with van der Waals surface area (Å²) in [5, 5.41) is 3.69. The first-order valence-electron chi connectivity index (χ1n) is 8.11. The van der Waals surface area contributed by atoms with Crippen molar-refractivity contribution >= 4 is 0 Å². The van der Waals surface area contributed by atoms with Crippen molar-refractivity contribution in [3.05, 3.63) is 0 Å². The molecule has 0 saturated heterocycles. The summed E-state index contributed by atoms with van der Waals surface area (Å²) in [6.07, 6.45) is 2.49. The van der Waals surface area contributed by atoms with Gasteiger partial charge in [0.05, 0.1) is 6.61 Å². The molecule has 0 rings (SSSR count). The summed E-state index contributed by atoms with van der Waals surface area (Å²) in [6, 6.07) is 0.566. The smallest absolute Gasteiger partial charge is 0.0589 e. The summed E-state index contributed by atoms with van der Waals surface area (Å²) in [5.41, 5.74) is 0.504. The van der Waals surface area contributed by atoms with Crippen LogP contribution in [0.15, 0.2) is 0 Å². The van der Waals surface area contributed by atoms with Gasteiger partial charge in [-0.1, -0.05) is 20.3 Å². The number of rotatable bonds is 10. The Labute approximate surface area is 127 Å². The molecule has 3 heteroatoms. The molecule has 0 saturated carbocycles. The van der Waals surface area contributed by atoms with Crippen molar-refractivity contribution in [2.45, 2.75) is 72.9 Å². The minimum atomic E-state index is 0.185. The summed E-state index contributed by atoms with van der Waals surface area (Å²) in [7, 11) is 1.78. The second-order valence-electron chi connectivity index (χ2n) is 7.72. The topological polar surface area (TPSA) is 24.5 Å². The molecule has 1 atom stereocenters. The molecular formula is C17H38N2O. The Morgan fingerprint density at radius 3 is 2.15 bits per heavy atom. The lowest BCUT2D eigenvalue weighted by Crippen LogP contribution is -2.49. The molecule has 0 heterocycles. The Hall–Kier alpha value is -0.120. The van der Waals surface area contributed by atoms with Gasteiger partial charge in [-0.3, -0.25) is 4.90 Å². The summed E-state index contributed by atoms with van der Waals surface area (Å²) in [5.74, 6) is 0. The van der Waals surface area contributed by atoms with Crippen LogP contribution in [0.1, 0.15) is 61.3 Å². The minimum absolute atomic E-state index is 0.185. The Bertz CT molecular complexity index is 248. The van der Waals surface area contributed by atoms with Crippen molar-refractivity contribution in [2.75, 3.05) is 33.4 Å². The molecule has 0 fully saturated rings. The first kappa shape index (κ1) is 19.9. The number of hydrogen-bond acceptors (Lipinski definition) is 3. The first-order chi connectivity index (χ1) is 9.13. The number of hydrogen-bond donors (Lipinski definition) is 1. The fourth-order valence-corrected chi connectivity index (χ4v) is 2.52. The van der Waals surface area contributed by atoms with E-state index in [9.17, 15) is 0 Å². The van der Waals surface area contributed by atoms with Crippen molar-refractivity contribution in [2.24, 2.45) is 5.41 Å². The normalized spacial score (nSPS) is 15.9. The second-order valence-corrected chi connectivity index (χ2v) is 7.72. The van der Waals surface area contributed by atoms with E-state index in [1.807, 2.05) is 0 Å². The highest BCUT2D eigenvalue weighted by atomic mass is 16.5. The quantitative estimate of drug-likeness (QED) is 0.665. The summed E-state index contributed by atoms with van der Waals surface area (Å²) >= 11 is 0. The fourth-order valence-electron chi connectivity index (χ4n) is 2.52. The lowest BCUT2D eigenvalue weighted by Gasteiger charge is -2.39. The zero-order valence-corrected chi connectivity index (χ0v) is 15.2. The van der Waals surface area contributed by atoms with Gasteiger partial charge in [0.2, 0.25) is 0 Å². The van der Waals surface area contributed by atoms with E-state index in [-0.39, 0.29) is 5.54 Å². The fraction of sp³-hybridized carbons (Fsp3) is 1.00. The van der Waals surface area contributed by atoms with E-state index < -0.39 is 0 Å². The SMILES string of the molecule is CCCC(C)(CNC(C)(C)C)CN(CCOC)C(C)C. The van der Waals surface area contributed by atoms with Crippen LogP contribution in [0.3, 0.4) is 0 Å². The third kappa shape index (κ3) is 8.93. The monoisotopic (exact) mass is 286 g/mol. The molecule has 122 valence electrons. The van der Waals surface area contributed by atoms with Crippen LogP contribution in [-0.2, 0) is 4.74 Å². The van der Waals surface area contributed by atoms with Crippen LogP contribution in [-0.4, -0.2) is 49.8 Å². The molecule has 0 aliphatic carbocycles. The second kappa shape index (κ2) is 9.01. The van der Waals surface area contributed by atoms with Crippen LogP contribution in [0.25, 0.3) is 0 Å². The van der Waals surface area contributed by atoms with Gasteiger partial charge in [-0.2, -0.15) is 0 Å².